The van der Waals surface area contributed by atoms with Crippen molar-refractivity contribution in [3.63, 3.8) is 0 Å². The summed E-state index contributed by atoms with van der Waals surface area (Å²) < 4.78 is 0. The third-order valence-corrected chi connectivity index (χ3v) is 4.17. The van der Waals surface area contributed by atoms with E-state index in [1.807, 2.05) is 13.8 Å². The highest BCUT2D eigenvalue weighted by Gasteiger charge is 2.27. The summed E-state index contributed by atoms with van der Waals surface area (Å²) in [6.45, 7) is 8.49. The van der Waals surface area contributed by atoms with Crippen LogP contribution in [0.25, 0.3) is 0 Å². The zero-order valence-corrected chi connectivity index (χ0v) is 12.7. The van der Waals surface area contributed by atoms with Gasteiger partial charge in [-0.15, -0.1) is 0 Å². The van der Waals surface area contributed by atoms with E-state index in [4.69, 9.17) is 5.11 Å². The van der Waals surface area contributed by atoms with Gasteiger partial charge < -0.3 is 15.7 Å². The molecule has 116 valence electrons. The van der Waals surface area contributed by atoms with E-state index in [0.29, 0.717) is 19.0 Å². The maximum atomic E-state index is 11.8. The third kappa shape index (κ3) is 4.67. The van der Waals surface area contributed by atoms with Gasteiger partial charge in [-0.25, -0.2) is 9.59 Å². The van der Waals surface area contributed by atoms with Crippen molar-refractivity contribution in [3.05, 3.63) is 0 Å². The van der Waals surface area contributed by atoms with E-state index in [1.54, 1.807) is 0 Å². The van der Waals surface area contributed by atoms with Gasteiger partial charge in [0.15, 0.2) is 0 Å². The fraction of sp³-hybridized carbons (Fsp3) is 0.857. The predicted molar refractivity (Wildman–Crippen MR) is 77.7 cm³/mol. The number of nitrogens with zero attached hydrogens (tertiary/aromatic N) is 1. The second-order valence-electron chi connectivity index (χ2n) is 5.48. The van der Waals surface area contributed by atoms with Crippen LogP contribution >= 0.6 is 0 Å². The number of hydrogen-bond donors (Lipinski definition) is 3. The molecule has 0 aromatic rings. The SMILES string of the molecule is CCC(C)[C@H](NC(=O)NCC1CCCN1CC)C(=O)O. The highest BCUT2D eigenvalue weighted by molar-refractivity contribution is 5.82. The van der Waals surface area contributed by atoms with Crippen molar-refractivity contribution in [2.45, 2.75) is 52.1 Å². The first-order valence-electron chi connectivity index (χ1n) is 7.50. The van der Waals surface area contributed by atoms with Crippen LogP contribution in [-0.2, 0) is 4.79 Å². The summed E-state index contributed by atoms with van der Waals surface area (Å²) in [4.78, 5) is 25.3. The fourth-order valence-electron chi connectivity index (χ4n) is 2.63. The van der Waals surface area contributed by atoms with Gasteiger partial charge in [0.25, 0.3) is 0 Å². The van der Waals surface area contributed by atoms with E-state index in [0.717, 1.165) is 25.9 Å². The van der Waals surface area contributed by atoms with Crippen molar-refractivity contribution >= 4 is 12.0 Å². The Morgan fingerprint density at radius 2 is 2.10 bits per heavy atom. The van der Waals surface area contributed by atoms with Gasteiger partial charge in [-0.3, -0.25) is 4.90 Å². The zero-order valence-electron chi connectivity index (χ0n) is 12.7. The number of nitrogens with one attached hydrogen (secondary N) is 2. The summed E-state index contributed by atoms with van der Waals surface area (Å²) >= 11 is 0. The smallest absolute Gasteiger partial charge is 0.326 e. The molecule has 0 radical (unpaired) electrons. The second kappa shape index (κ2) is 8.09. The Kier molecular flexibility index (Phi) is 6.78. The van der Waals surface area contributed by atoms with Crippen LogP contribution in [0.5, 0.6) is 0 Å². The van der Waals surface area contributed by atoms with Gasteiger partial charge in [-0.1, -0.05) is 27.2 Å². The van der Waals surface area contributed by atoms with E-state index >= 15 is 0 Å². The van der Waals surface area contributed by atoms with Crippen molar-refractivity contribution in [3.8, 4) is 0 Å². The number of urea groups is 1. The number of carbonyl (C=O) groups is 2. The molecule has 0 aromatic heterocycles. The van der Waals surface area contributed by atoms with Gasteiger partial charge in [0.05, 0.1) is 0 Å². The van der Waals surface area contributed by atoms with E-state index < -0.39 is 12.0 Å². The van der Waals surface area contributed by atoms with Crippen molar-refractivity contribution in [1.29, 1.82) is 0 Å². The summed E-state index contributed by atoms with van der Waals surface area (Å²) in [7, 11) is 0. The Morgan fingerprint density at radius 3 is 2.65 bits per heavy atom. The number of carboxylic acid groups (broad SMARTS) is 1. The number of likely N-dealkylation sites (N-methyl/N-ethyl adjacent to an activating group) is 1. The molecule has 2 amide bonds. The zero-order chi connectivity index (χ0) is 15.1. The molecule has 0 spiro atoms. The molecule has 3 N–H and O–H groups in total. The summed E-state index contributed by atoms with van der Waals surface area (Å²) in [6, 6.07) is -0.843. The first-order chi connectivity index (χ1) is 9.49. The van der Waals surface area contributed by atoms with Crippen LogP contribution in [0.4, 0.5) is 4.79 Å². The number of carboxylic acids is 1. The number of carbonyl (C=O) groups excluding carboxylic acids is 1. The largest absolute Gasteiger partial charge is 0.480 e. The Morgan fingerprint density at radius 1 is 1.40 bits per heavy atom. The number of rotatable bonds is 7. The van der Waals surface area contributed by atoms with Crippen LogP contribution in [0.1, 0.15) is 40.0 Å². The van der Waals surface area contributed by atoms with E-state index in [9.17, 15) is 9.59 Å². The number of amides is 2. The molecule has 2 unspecified atom stereocenters. The molecule has 0 bridgehead atoms. The minimum Gasteiger partial charge on any atom is -0.480 e. The lowest BCUT2D eigenvalue weighted by Crippen LogP contribution is -2.51. The topological polar surface area (TPSA) is 81.7 Å². The molecular formula is C14H27N3O3. The van der Waals surface area contributed by atoms with Crippen LogP contribution in [-0.4, -0.2) is 53.7 Å². The summed E-state index contributed by atoms with van der Waals surface area (Å²) in [5.74, 6) is -1.07. The highest BCUT2D eigenvalue weighted by atomic mass is 16.4. The molecule has 1 heterocycles. The molecule has 20 heavy (non-hydrogen) atoms. The minimum atomic E-state index is -0.981. The molecule has 3 atom stereocenters. The molecular weight excluding hydrogens is 258 g/mol. The minimum absolute atomic E-state index is 0.0862. The lowest BCUT2D eigenvalue weighted by atomic mass is 9.99. The lowest BCUT2D eigenvalue weighted by Gasteiger charge is -2.24. The molecule has 0 aliphatic carbocycles. The van der Waals surface area contributed by atoms with E-state index in [2.05, 4.69) is 22.5 Å². The normalized spacial score (nSPS) is 22.2. The molecule has 6 heteroatoms. The van der Waals surface area contributed by atoms with Gasteiger partial charge in [0.1, 0.15) is 6.04 Å². The molecule has 1 rings (SSSR count). The maximum absolute atomic E-state index is 11.8. The third-order valence-electron chi connectivity index (χ3n) is 4.17. The molecule has 1 aliphatic heterocycles. The fourth-order valence-corrected chi connectivity index (χ4v) is 2.63. The van der Waals surface area contributed by atoms with Crippen molar-refractivity contribution in [1.82, 2.24) is 15.5 Å². The first kappa shape index (κ1) is 16.8. The Hall–Kier alpha value is -1.30. The molecule has 1 saturated heterocycles. The van der Waals surface area contributed by atoms with Crippen LogP contribution in [0.3, 0.4) is 0 Å². The van der Waals surface area contributed by atoms with Gasteiger partial charge in [-0.05, 0) is 31.8 Å². The predicted octanol–water partition coefficient (Wildman–Crippen LogP) is 1.27. The average Bonchev–Trinajstić information content (AvgIpc) is 2.88. The first-order valence-corrected chi connectivity index (χ1v) is 7.50. The van der Waals surface area contributed by atoms with Crippen molar-refractivity contribution < 1.29 is 14.7 Å². The van der Waals surface area contributed by atoms with E-state index in [-0.39, 0.29) is 11.9 Å². The molecule has 0 saturated carbocycles. The average molecular weight is 285 g/mol. The highest BCUT2D eigenvalue weighted by Crippen LogP contribution is 2.15. The lowest BCUT2D eigenvalue weighted by molar-refractivity contribution is -0.140. The molecule has 1 fully saturated rings. The quantitative estimate of drug-likeness (QED) is 0.658. The second-order valence-corrected chi connectivity index (χ2v) is 5.48. The van der Waals surface area contributed by atoms with Crippen molar-refractivity contribution in [2.24, 2.45) is 5.92 Å². The summed E-state index contributed by atoms with van der Waals surface area (Å²) in [5.41, 5.74) is 0. The number of aliphatic carboxylic acids is 1. The van der Waals surface area contributed by atoms with Crippen LogP contribution in [0.15, 0.2) is 0 Å². The monoisotopic (exact) mass is 285 g/mol. The molecule has 1 aliphatic rings. The standard InChI is InChI=1S/C14H27N3O3/c1-4-10(3)12(13(18)19)16-14(20)15-9-11-7-6-8-17(11)5-2/h10-12H,4-9H2,1-3H3,(H,18,19)(H2,15,16,20)/t10?,11?,12-/m0/s1. The van der Waals surface area contributed by atoms with Crippen LogP contribution in [0.2, 0.25) is 0 Å². The Bertz CT molecular complexity index is 336. The van der Waals surface area contributed by atoms with Gasteiger partial charge >= 0.3 is 12.0 Å². The maximum Gasteiger partial charge on any atom is 0.326 e. The van der Waals surface area contributed by atoms with Gasteiger partial charge in [0, 0.05) is 12.6 Å². The summed E-state index contributed by atoms with van der Waals surface area (Å²) in [6.07, 6.45) is 2.96. The molecule has 6 nitrogen and oxygen atoms in total. The number of hydrogen-bond acceptors (Lipinski definition) is 3. The van der Waals surface area contributed by atoms with Gasteiger partial charge in [-0.2, -0.15) is 0 Å². The van der Waals surface area contributed by atoms with Gasteiger partial charge in [0.2, 0.25) is 0 Å². The van der Waals surface area contributed by atoms with Crippen molar-refractivity contribution in [2.75, 3.05) is 19.6 Å². The summed E-state index contributed by atoms with van der Waals surface area (Å²) in [5, 5.41) is 14.5. The van der Waals surface area contributed by atoms with Crippen LogP contribution < -0.4 is 10.6 Å². The molecule has 0 aromatic carbocycles. The van der Waals surface area contributed by atoms with Crippen LogP contribution in [0, 0.1) is 5.92 Å². The Labute approximate surface area is 120 Å². The Balaban J connectivity index is 2.40. The van der Waals surface area contributed by atoms with E-state index in [1.165, 1.54) is 0 Å². The number of likely N-dealkylation sites (tertiary alicyclic amines) is 1.